The summed E-state index contributed by atoms with van der Waals surface area (Å²) in [6.45, 7) is 9.39. The van der Waals surface area contributed by atoms with Crippen LogP contribution < -0.4 is 5.43 Å². The summed E-state index contributed by atoms with van der Waals surface area (Å²) >= 11 is 0. The quantitative estimate of drug-likeness (QED) is 0.773. The van der Waals surface area contributed by atoms with Crippen LogP contribution in [0.2, 0.25) is 0 Å². The van der Waals surface area contributed by atoms with Crippen LogP contribution in [-0.2, 0) is 10.2 Å². The van der Waals surface area contributed by atoms with Crippen molar-refractivity contribution in [1.82, 2.24) is 10.4 Å². The fraction of sp³-hybridized carbons (Fsp3) is 0.476. The van der Waals surface area contributed by atoms with Gasteiger partial charge in [0.05, 0.1) is 0 Å². The molecule has 0 aromatic heterocycles. The van der Waals surface area contributed by atoms with E-state index in [9.17, 15) is 18.0 Å². The highest BCUT2D eigenvalue weighted by Gasteiger charge is 2.53. The second-order valence-corrected chi connectivity index (χ2v) is 8.87. The summed E-state index contributed by atoms with van der Waals surface area (Å²) in [6, 6.07) is 8.70. The second-order valence-electron chi connectivity index (χ2n) is 8.87. The molecule has 1 atom stereocenters. The lowest BCUT2D eigenvalue weighted by atomic mass is 9.84. The van der Waals surface area contributed by atoms with Crippen LogP contribution in [0.5, 0.6) is 0 Å². The van der Waals surface area contributed by atoms with E-state index in [0.717, 1.165) is 16.0 Å². The molecular formula is C21H25F3N2O. The molecule has 1 aliphatic rings. The van der Waals surface area contributed by atoms with Gasteiger partial charge < -0.3 is 0 Å². The molecule has 1 saturated heterocycles. The molecule has 0 spiro atoms. The molecule has 1 unspecified atom stereocenters. The second kappa shape index (κ2) is 6.23. The van der Waals surface area contributed by atoms with Crippen molar-refractivity contribution < 1.29 is 18.0 Å². The van der Waals surface area contributed by atoms with Crippen LogP contribution in [0.15, 0.2) is 36.4 Å². The maximum Gasteiger partial charge on any atom is 0.409 e. The maximum atomic E-state index is 14.2. The van der Waals surface area contributed by atoms with E-state index in [-0.39, 0.29) is 17.4 Å². The maximum absolute atomic E-state index is 14.2. The molecule has 3 rings (SSSR count). The molecule has 2 aromatic carbocycles. The van der Waals surface area contributed by atoms with Gasteiger partial charge in [-0.2, -0.15) is 18.2 Å². The normalized spacial score (nSPS) is 19.3. The Labute approximate surface area is 157 Å². The first-order valence-corrected chi connectivity index (χ1v) is 8.99. The van der Waals surface area contributed by atoms with Crippen molar-refractivity contribution in [2.75, 3.05) is 0 Å². The Hall–Kier alpha value is -2.08. The van der Waals surface area contributed by atoms with Crippen molar-refractivity contribution in [3.63, 3.8) is 0 Å². The highest BCUT2D eigenvalue weighted by atomic mass is 19.4. The van der Waals surface area contributed by atoms with Gasteiger partial charge in [-0.25, -0.2) is 0 Å². The molecular weight excluding hydrogens is 353 g/mol. The summed E-state index contributed by atoms with van der Waals surface area (Å²) in [6.07, 6.45) is -4.52. The third-order valence-electron chi connectivity index (χ3n) is 5.14. The van der Waals surface area contributed by atoms with Crippen LogP contribution in [0.4, 0.5) is 13.2 Å². The molecule has 146 valence electrons. The Balaban J connectivity index is 2.24. The summed E-state index contributed by atoms with van der Waals surface area (Å²) in [5.41, 5.74) is 2.43. The number of fused-ring (bicyclic) bond motifs is 1. The predicted octanol–water partition coefficient (Wildman–Crippen LogP) is 5.26. The number of alkyl halides is 3. The minimum Gasteiger partial charge on any atom is -0.287 e. The topological polar surface area (TPSA) is 32.3 Å². The summed E-state index contributed by atoms with van der Waals surface area (Å²) < 4.78 is 42.6. The van der Waals surface area contributed by atoms with Crippen LogP contribution in [0.1, 0.15) is 58.2 Å². The molecule has 1 fully saturated rings. The van der Waals surface area contributed by atoms with Gasteiger partial charge >= 0.3 is 6.18 Å². The van der Waals surface area contributed by atoms with Gasteiger partial charge in [-0.05, 0) is 41.2 Å². The van der Waals surface area contributed by atoms with Gasteiger partial charge in [0.2, 0.25) is 5.91 Å². The summed E-state index contributed by atoms with van der Waals surface area (Å²) in [7, 11) is 0. The van der Waals surface area contributed by atoms with E-state index in [1.54, 1.807) is 19.9 Å². The lowest BCUT2D eigenvalue weighted by molar-refractivity contribution is -0.203. The van der Waals surface area contributed by atoms with Gasteiger partial charge in [0, 0.05) is 12.0 Å². The Kier molecular flexibility index (Phi) is 4.54. The Bertz CT molecular complexity index is 881. The van der Waals surface area contributed by atoms with Crippen LogP contribution >= 0.6 is 0 Å². The van der Waals surface area contributed by atoms with Crippen LogP contribution in [0, 0.1) is 0 Å². The van der Waals surface area contributed by atoms with E-state index >= 15 is 0 Å². The predicted molar refractivity (Wildman–Crippen MR) is 100 cm³/mol. The zero-order chi connectivity index (χ0) is 20.2. The lowest BCUT2D eigenvalue weighted by Crippen LogP contribution is -2.51. The number of amides is 1. The number of hydrazine groups is 1. The molecule has 0 saturated carbocycles. The lowest BCUT2D eigenvalue weighted by Gasteiger charge is -2.38. The largest absolute Gasteiger partial charge is 0.409 e. The van der Waals surface area contributed by atoms with Gasteiger partial charge in [-0.3, -0.25) is 10.2 Å². The summed E-state index contributed by atoms with van der Waals surface area (Å²) in [5.74, 6) is -0.398. The number of nitrogens with one attached hydrogen (secondary N) is 1. The van der Waals surface area contributed by atoms with Crippen LogP contribution in [-0.4, -0.2) is 22.6 Å². The highest BCUT2D eigenvalue weighted by molar-refractivity contribution is 5.87. The minimum atomic E-state index is -4.54. The third kappa shape index (κ3) is 3.68. The standard InChI is InChI=1S/C21H25F3N2O/c1-19(2,3)14-10-9-13-7-6-8-15(16(13)11-14)18(21(22,23)24)26-20(4,5)12-17(27)25-26/h6-11,18H,12H2,1-5H3,(H,25,27). The molecule has 3 nitrogen and oxygen atoms in total. The SMILES string of the molecule is CC(C)(C)c1ccc2cccc(C(N3NC(=O)CC3(C)C)C(F)(F)F)c2c1. The van der Waals surface area contributed by atoms with Crippen molar-refractivity contribution in [3.05, 3.63) is 47.5 Å². The van der Waals surface area contributed by atoms with E-state index in [4.69, 9.17) is 0 Å². The van der Waals surface area contributed by atoms with Gasteiger partial charge in [0.1, 0.15) is 0 Å². The minimum absolute atomic E-state index is 0.0254. The number of carbonyl (C=O) groups is 1. The molecule has 6 heteroatoms. The van der Waals surface area contributed by atoms with E-state index in [0.29, 0.717) is 5.39 Å². The van der Waals surface area contributed by atoms with E-state index in [1.807, 2.05) is 45.0 Å². The van der Waals surface area contributed by atoms with Gasteiger partial charge in [0.15, 0.2) is 6.04 Å². The molecule has 0 aliphatic carbocycles. The zero-order valence-electron chi connectivity index (χ0n) is 16.2. The molecule has 0 radical (unpaired) electrons. The van der Waals surface area contributed by atoms with Crippen molar-refractivity contribution in [1.29, 1.82) is 0 Å². The number of carbonyl (C=O) groups excluding carboxylic acids is 1. The first kappa shape index (κ1) is 19.7. The van der Waals surface area contributed by atoms with Gasteiger partial charge in [0.25, 0.3) is 0 Å². The first-order valence-electron chi connectivity index (χ1n) is 8.99. The van der Waals surface area contributed by atoms with Crippen molar-refractivity contribution in [3.8, 4) is 0 Å². The fourth-order valence-corrected chi connectivity index (χ4v) is 3.68. The molecule has 1 heterocycles. The zero-order valence-corrected chi connectivity index (χ0v) is 16.2. The molecule has 1 aliphatic heterocycles. The van der Waals surface area contributed by atoms with Crippen LogP contribution in [0.25, 0.3) is 10.8 Å². The number of benzene rings is 2. The number of halogens is 3. The summed E-state index contributed by atoms with van der Waals surface area (Å²) in [4.78, 5) is 11.9. The van der Waals surface area contributed by atoms with Gasteiger partial charge in [-0.1, -0.05) is 57.2 Å². The monoisotopic (exact) mass is 378 g/mol. The highest BCUT2D eigenvalue weighted by Crippen LogP contribution is 2.45. The molecule has 27 heavy (non-hydrogen) atoms. The molecule has 0 bridgehead atoms. The average molecular weight is 378 g/mol. The van der Waals surface area contributed by atoms with E-state index < -0.39 is 23.7 Å². The Morgan fingerprint density at radius 1 is 1.11 bits per heavy atom. The summed E-state index contributed by atoms with van der Waals surface area (Å²) in [5, 5.41) is 2.37. The first-order chi connectivity index (χ1) is 12.3. The third-order valence-corrected chi connectivity index (χ3v) is 5.14. The molecule has 1 amide bonds. The number of nitrogens with zero attached hydrogens (tertiary/aromatic N) is 1. The Morgan fingerprint density at radius 3 is 2.30 bits per heavy atom. The smallest absolute Gasteiger partial charge is 0.287 e. The van der Waals surface area contributed by atoms with E-state index in [2.05, 4.69) is 5.43 Å². The Morgan fingerprint density at radius 2 is 1.78 bits per heavy atom. The fourth-order valence-electron chi connectivity index (χ4n) is 3.68. The van der Waals surface area contributed by atoms with Crippen molar-refractivity contribution in [2.45, 2.75) is 64.2 Å². The molecule has 2 aromatic rings. The van der Waals surface area contributed by atoms with Crippen molar-refractivity contribution in [2.24, 2.45) is 0 Å². The van der Waals surface area contributed by atoms with Crippen LogP contribution in [0.3, 0.4) is 0 Å². The number of hydrogen-bond donors (Lipinski definition) is 1. The van der Waals surface area contributed by atoms with Crippen molar-refractivity contribution >= 4 is 16.7 Å². The average Bonchev–Trinajstić information content (AvgIpc) is 2.77. The van der Waals surface area contributed by atoms with Gasteiger partial charge in [-0.15, -0.1) is 0 Å². The number of rotatable bonds is 2. The molecule has 1 N–H and O–H groups in total. The number of hydrogen-bond acceptors (Lipinski definition) is 2. The van der Waals surface area contributed by atoms with E-state index in [1.165, 1.54) is 6.07 Å².